The normalized spacial score (nSPS) is 15.2. The van der Waals surface area contributed by atoms with E-state index in [-0.39, 0.29) is 10.8 Å². The molecular weight excluding hydrogens is 344 g/mol. The van der Waals surface area contributed by atoms with Gasteiger partial charge in [-0.25, -0.2) is 13.6 Å². The fourth-order valence-electron chi connectivity index (χ4n) is 1.98. The largest absolute Gasteiger partial charge is 0.339 e. The summed E-state index contributed by atoms with van der Waals surface area (Å²) >= 11 is 3.29. The van der Waals surface area contributed by atoms with Gasteiger partial charge in [-0.15, -0.1) is 0 Å². The number of nitrogens with two attached hydrogens (primary N) is 1. The summed E-state index contributed by atoms with van der Waals surface area (Å²) in [6, 6.07) is 4.25. The Morgan fingerprint density at radius 3 is 2.60 bits per heavy atom. The zero-order valence-corrected chi connectivity index (χ0v) is 13.6. The van der Waals surface area contributed by atoms with E-state index in [9.17, 15) is 13.2 Å². The van der Waals surface area contributed by atoms with Crippen molar-refractivity contribution in [3.05, 3.63) is 28.2 Å². The molecule has 0 aromatic heterocycles. The maximum absolute atomic E-state index is 12.5. The van der Waals surface area contributed by atoms with Gasteiger partial charge in [-0.2, -0.15) is 0 Å². The first-order valence-corrected chi connectivity index (χ1v) is 8.78. The maximum Gasteiger partial charge on any atom is 0.255 e. The first-order chi connectivity index (χ1) is 9.32. The topological polar surface area (TPSA) is 80.5 Å². The Morgan fingerprint density at radius 1 is 1.45 bits per heavy atom. The van der Waals surface area contributed by atoms with Gasteiger partial charge < -0.3 is 4.90 Å². The van der Waals surface area contributed by atoms with Gasteiger partial charge in [0.15, 0.2) is 0 Å². The lowest BCUT2D eigenvalue weighted by Crippen LogP contribution is -2.33. The highest BCUT2D eigenvalue weighted by atomic mass is 79.9. The Kier molecular flexibility index (Phi) is 4.51. The number of halogens is 1. The van der Waals surface area contributed by atoms with Crippen LogP contribution < -0.4 is 5.14 Å². The first-order valence-electron chi connectivity index (χ1n) is 6.44. The van der Waals surface area contributed by atoms with E-state index < -0.39 is 10.0 Å². The second-order valence-corrected chi connectivity index (χ2v) is 7.39. The highest BCUT2D eigenvalue weighted by Gasteiger charge is 2.27. The average Bonchev–Trinajstić information content (AvgIpc) is 3.18. The maximum atomic E-state index is 12.5. The molecule has 0 heterocycles. The van der Waals surface area contributed by atoms with Crippen molar-refractivity contribution in [3.63, 3.8) is 0 Å². The molecular formula is C13H17BrN2O3S. The van der Waals surface area contributed by atoms with Crippen molar-refractivity contribution in [1.82, 2.24) is 4.90 Å². The first kappa shape index (κ1) is 15.5. The van der Waals surface area contributed by atoms with Crippen molar-refractivity contribution < 1.29 is 13.2 Å². The molecule has 1 saturated carbocycles. The molecule has 20 heavy (non-hydrogen) atoms. The Hall–Kier alpha value is -0.920. The van der Waals surface area contributed by atoms with Crippen molar-refractivity contribution in [2.24, 2.45) is 11.1 Å². The number of carbonyl (C=O) groups excluding carboxylic acids is 1. The number of rotatable bonds is 5. The number of benzene rings is 1. The van der Waals surface area contributed by atoms with Gasteiger partial charge in [0, 0.05) is 17.6 Å². The smallest absolute Gasteiger partial charge is 0.255 e. The number of carbonyl (C=O) groups is 1. The molecule has 0 radical (unpaired) electrons. The molecule has 1 aliphatic carbocycles. The van der Waals surface area contributed by atoms with Gasteiger partial charge in [0.2, 0.25) is 10.0 Å². The zero-order valence-electron chi connectivity index (χ0n) is 11.2. The van der Waals surface area contributed by atoms with Crippen LogP contribution in [0.15, 0.2) is 27.6 Å². The molecule has 1 fully saturated rings. The SMILES string of the molecule is CCN(CC1CC1)C(=O)c1cc(S(N)(=O)=O)ccc1Br. The molecule has 1 aromatic rings. The molecule has 0 atom stereocenters. The third-order valence-corrected chi connectivity index (χ3v) is 4.94. The van der Waals surface area contributed by atoms with Crippen LogP contribution in [-0.2, 0) is 10.0 Å². The zero-order chi connectivity index (χ0) is 14.9. The summed E-state index contributed by atoms with van der Waals surface area (Å²) in [5.41, 5.74) is 0.332. The van der Waals surface area contributed by atoms with Gasteiger partial charge in [0.1, 0.15) is 0 Å². The van der Waals surface area contributed by atoms with Crippen LogP contribution in [0.1, 0.15) is 30.1 Å². The van der Waals surface area contributed by atoms with E-state index >= 15 is 0 Å². The Labute approximate surface area is 127 Å². The van der Waals surface area contributed by atoms with Gasteiger partial charge in [-0.05, 0) is 59.8 Å². The third kappa shape index (κ3) is 3.59. The monoisotopic (exact) mass is 360 g/mol. The van der Waals surface area contributed by atoms with Crippen LogP contribution >= 0.6 is 15.9 Å². The molecule has 5 nitrogen and oxygen atoms in total. The second kappa shape index (κ2) is 5.83. The number of primary sulfonamides is 1. The summed E-state index contributed by atoms with van der Waals surface area (Å²) < 4.78 is 23.3. The molecule has 1 aliphatic rings. The molecule has 2 N–H and O–H groups in total. The minimum atomic E-state index is -3.81. The van der Waals surface area contributed by atoms with Crippen molar-refractivity contribution in [1.29, 1.82) is 0 Å². The molecule has 2 rings (SSSR count). The van der Waals surface area contributed by atoms with Crippen LogP contribution in [0.5, 0.6) is 0 Å². The van der Waals surface area contributed by atoms with Crippen LogP contribution in [0, 0.1) is 5.92 Å². The summed E-state index contributed by atoms with van der Waals surface area (Å²) in [7, 11) is -3.81. The van der Waals surface area contributed by atoms with E-state index in [0.29, 0.717) is 22.5 Å². The van der Waals surface area contributed by atoms with Crippen molar-refractivity contribution in [2.45, 2.75) is 24.7 Å². The van der Waals surface area contributed by atoms with Crippen LogP contribution in [0.25, 0.3) is 0 Å². The number of amides is 1. The lowest BCUT2D eigenvalue weighted by molar-refractivity contribution is 0.0755. The highest BCUT2D eigenvalue weighted by molar-refractivity contribution is 9.10. The van der Waals surface area contributed by atoms with Gasteiger partial charge in [-0.3, -0.25) is 4.79 Å². The van der Waals surface area contributed by atoms with E-state index in [1.54, 1.807) is 4.90 Å². The van der Waals surface area contributed by atoms with E-state index in [2.05, 4.69) is 15.9 Å². The lowest BCUT2D eigenvalue weighted by Gasteiger charge is -2.21. The number of nitrogens with zero attached hydrogens (tertiary/aromatic N) is 1. The van der Waals surface area contributed by atoms with Gasteiger partial charge in [-0.1, -0.05) is 0 Å². The quantitative estimate of drug-likeness (QED) is 0.871. The van der Waals surface area contributed by atoms with Gasteiger partial charge >= 0.3 is 0 Å². The van der Waals surface area contributed by atoms with Crippen LogP contribution in [0.4, 0.5) is 0 Å². The molecule has 1 aromatic carbocycles. The third-order valence-electron chi connectivity index (χ3n) is 3.34. The summed E-state index contributed by atoms with van der Waals surface area (Å²) in [5, 5.41) is 5.11. The van der Waals surface area contributed by atoms with E-state index in [1.165, 1.54) is 18.2 Å². The van der Waals surface area contributed by atoms with Crippen LogP contribution in [-0.4, -0.2) is 32.3 Å². The Morgan fingerprint density at radius 2 is 2.10 bits per heavy atom. The van der Waals surface area contributed by atoms with Gasteiger partial charge in [0.05, 0.1) is 10.5 Å². The number of sulfonamides is 1. The molecule has 0 spiro atoms. The number of hydrogen-bond acceptors (Lipinski definition) is 3. The average molecular weight is 361 g/mol. The van der Waals surface area contributed by atoms with Crippen molar-refractivity contribution >= 4 is 31.9 Å². The molecule has 110 valence electrons. The second-order valence-electron chi connectivity index (χ2n) is 4.97. The molecule has 1 amide bonds. The standard InChI is InChI=1S/C13H17BrN2O3S/c1-2-16(8-9-3-4-9)13(17)11-7-10(20(15,18)19)5-6-12(11)14/h5-7,9H,2-4,8H2,1H3,(H2,15,18,19). The van der Waals surface area contributed by atoms with Crippen LogP contribution in [0.2, 0.25) is 0 Å². The molecule has 7 heteroatoms. The minimum absolute atomic E-state index is 0.0495. The van der Waals surface area contributed by atoms with Crippen LogP contribution in [0.3, 0.4) is 0 Å². The van der Waals surface area contributed by atoms with Crippen molar-refractivity contribution in [2.75, 3.05) is 13.1 Å². The van der Waals surface area contributed by atoms with E-state index in [4.69, 9.17) is 5.14 Å². The highest BCUT2D eigenvalue weighted by Crippen LogP contribution is 2.30. The predicted molar refractivity (Wildman–Crippen MR) is 79.8 cm³/mol. The summed E-state index contributed by atoms with van der Waals surface area (Å²) in [5.74, 6) is 0.413. The van der Waals surface area contributed by atoms with Crippen molar-refractivity contribution in [3.8, 4) is 0 Å². The Balaban J connectivity index is 2.32. The lowest BCUT2D eigenvalue weighted by atomic mass is 10.2. The summed E-state index contributed by atoms with van der Waals surface area (Å²) in [6.07, 6.45) is 2.31. The van der Waals surface area contributed by atoms with Gasteiger partial charge in [0.25, 0.3) is 5.91 Å². The predicted octanol–water partition coefficient (Wildman–Crippen LogP) is 1.97. The fourth-order valence-corrected chi connectivity index (χ4v) is 2.94. The molecule has 0 saturated heterocycles. The number of hydrogen-bond donors (Lipinski definition) is 1. The summed E-state index contributed by atoms with van der Waals surface area (Å²) in [6.45, 7) is 3.24. The summed E-state index contributed by atoms with van der Waals surface area (Å²) in [4.78, 5) is 14.2. The molecule has 0 unspecified atom stereocenters. The molecule has 0 bridgehead atoms. The molecule has 0 aliphatic heterocycles. The Bertz CT molecular complexity index is 627. The minimum Gasteiger partial charge on any atom is -0.339 e. The van der Waals surface area contributed by atoms with E-state index in [0.717, 1.165) is 19.4 Å². The van der Waals surface area contributed by atoms with E-state index in [1.807, 2.05) is 6.92 Å². The fraction of sp³-hybridized carbons (Fsp3) is 0.462.